The molecule has 2 aromatic rings. The Labute approximate surface area is 109 Å². The summed E-state index contributed by atoms with van der Waals surface area (Å²) in [6.07, 6.45) is 0.880. The molecule has 100 valence electrons. The fraction of sp³-hybridized carbons (Fsp3) is 0.154. The van der Waals surface area contributed by atoms with Gasteiger partial charge in [-0.05, 0) is 24.3 Å². The van der Waals surface area contributed by atoms with Crippen molar-refractivity contribution in [1.82, 2.24) is 4.98 Å². The molecule has 6 heteroatoms. The molecule has 1 heterocycles. The molecule has 0 unspecified atom stereocenters. The monoisotopic (exact) mass is 263 g/mol. The van der Waals surface area contributed by atoms with E-state index in [1.54, 1.807) is 18.3 Å². The van der Waals surface area contributed by atoms with Crippen molar-refractivity contribution in [2.75, 3.05) is 7.11 Å². The van der Waals surface area contributed by atoms with Crippen LogP contribution in [0.2, 0.25) is 0 Å². The molecular formula is C13H13NO5. The average molecular weight is 263 g/mol. The van der Waals surface area contributed by atoms with E-state index in [1.165, 1.54) is 25.3 Å². The summed E-state index contributed by atoms with van der Waals surface area (Å²) >= 11 is 0. The van der Waals surface area contributed by atoms with E-state index >= 15 is 0 Å². The number of nitrogens with one attached hydrogen (secondary N) is 1. The Kier molecular flexibility index (Phi) is 3.92. The topological polar surface area (TPSA) is 80.8 Å². The number of methoxy groups -OCH3 is 1. The minimum Gasteiger partial charge on any atom is -0.504 e. The Hall–Kier alpha value is -2.63. The van der Waals surface area contributed by atoms with E-state index in [2.05, 4.69) is 4.98 Å². The van der Waals surface area contributed by atoms with E-state index in [0.29, 0.717) is 5.75 Å². The van der Waals surface area contributed by atoms with E-state index in [1.807, 2.05) is 0 Å². The van der Waals surface area contributed by atoms with Gasteiger partial charge in [-0.25, -0.2) is 4.79 Å². The zero-order valence-electron chi connectivity index (χ0n) is 10.3. The molecule has 0 aliphatic rings. The normalized spacial score (nSPS) is 9.95. The molecule has 6 nitrogen and oxygen atoms in total. The van der Waals surface area contributed by atoms with Gasteiger partial charge >= 0.3 is 6.16 Å². The first-order valence-corrected chi connectivity index (χ1v) is 5.53. The van der Waals surface area contributed by atoms with E-state index in [9.17, 15) is 9.90 Å². The quantitative estimate of drug-likeness (QED) is 0.654. The fourth-order valence-corrected chi connectivity index (χ4v) is 1.45. The number of aromatic amines is 1. The highest BCUT2D eigenvalue weighted by atomic mass is 16.7. The lowest BCUT2D eigenvalue weighted by Crippen LogP contribution is -2.10. The van der Waals surface area contributed by atoms with Crippen LogP contribution in [0.3, 0.4) is 0 Å². The van der Waals surface area contributed by atoms with Gasteiger partial charge in [-0.15, -0.1) is 0 Å². The Morgan fingerprint density at radius 1 is 1.37 bits per heavy atom. The minimum absolute atomic E-state index is 0.0912. The summed E-state index contributed by atoms with van der Waals surface area (Å²) in [6.45, 7) is 0.0912. The number of benzene rings is 1. The van der Waals surface area contributed by atoms with E-state index in [-0.39, 0.29) is 18.1 Å². The van der Waals surface area contributed by atoms with Crippen LogP contribution in [0.5, 0.6) is 17.2 Å². The predicted octanol–water partition coefficient (Wildman–Crippen LogP) is 2.44. The third-order valence-corrected chi connectivity index (χ3v) is 2.36. The van der Waals surface area contributed by atoms with Crippen molar-refractivity contribution >= 4 is 6.16 Å². The standard InChI is InChI=1S/C13H13NO5/c1-17-12-5-4-10(7-11(12)15)19-13(16)18-8-9-3-2-6-14-9/h2-7,14-15H,8H2,1H3. The van der Waals surface area contributed by atoms with Gasteiger partial charge in [-0.2, -0.15) is 0 Å². The molecule has 2 rings (SSSR count). The number of phenols is 1. The third kappa shape index (κ3) is 3.41. The second-order valence-electron chi connectivity index (χ2n) is 3.67. The number of aromatic nitrogens is 1. The number of H-pyrrole nitrogens is 1. The molecule has 0 spiro atoms. The maximum Gasteiger partial charge on any atom is 0.514 e. The van der Waals surface area contributed by atoms with Crippen LogP contribution in [0.25, 0.3) is 0 Å². The van der Waals surface area contributed by atoms with Crippen LogP contribution in [0, 0.1) is 0 Å². The zero-order valence-corrected chi connectivity index (χ0v) is 10.3. The van der Waals surface area contributed by atoms with Crippen LogP contribution in [0.15, 0.2) is 36.5 Å². The van der Waals surface area contributed by atoms with Crippen LogP contribution in [-0.4, -0.2) is 23.4 Å². The van der Waals surface area contributed by atoms with Crippen molar-refractivity contribution in [1.29, 1.82) is 0 Å². The zero-order chi connectivity index (χ0) is 13.7. The van der Waals surface area contributed by atoms with Gasteiger partial charge in [0.2, 0.25) is 0 Å². The van der Waals surface area contributed by atoms with Crippen LogP contribution in [0.1, 0.15) is 5.69 Å². The lowest BCUT2D eigenvalue weighted by atomic mass is 10.3. The molecule has 0 amide bonds. The van der Waals surface area contributed by atoms with Crippen molar-refractivity contribution in [2.24, 2.45) is 0 Å². The van der Waals surface area contributed by atoms with Crippen molar-refractivity contribution in [2.45, 2.75) is 6.61 Å². The molecule has 2 N–H and O–H groups in total. The lowest BCUT2D eigenvalue weighted by Gasteiger charge is -2.07. The van der Waals surface area contributed by atoms with Gasteiger partial charge in [-0.1, -0.05) is 0 Å². The summed E-state index contributed by atoms with van der Waals surface area (Å²) in [7, 11) is 1.43. The molecular weight excluding hydrogens is 250 g/mol. The molecule has 0 radical (unpaired) electrons. The van der Waals surface area contributed by atoms with Crippen LogP contribution in [0.4, 0.5) is 4.79 Å². The smallest absolute Gasteiger partial charge is 0.504 e. The fourth-order valence-electron chi connectivity index (χ4n) is 1.45. The lowest BCUT2D eigenvalue weighted by molar-refractivity contribution is 0.0917. The second-order valence-corrected chi connectivity index (χ2v) is 3.67. The van der Waals surface area contributed by atoms with E-state index in [0.717, 1.165) is 5.69 Å². The van der Waals surface area contributed by atoms with E-state index < -0.39 is 6.16 Å². The Morgan fingerprint density at radius 2 is 2.21 bits per heavy atom. The maximum atomic E-state index is 11.4. The van der Waals surface area contributed by atoms with Gasteiger partial charge in [0.1, 0.15) is 12.4 Å². The molecule has 19 heavy (non-hydrogen) atoms. The first-order valence-electron chi connectivity index (χ1n) is 5.53. The van der Waals surface area contributed by atoms with Gasteiger partial charge in [-0.3, -0.25) is 0 Å². The van der Waals surface area contributed by atoms with Crippen LogP contribution < -0.4 is 9.47 Å². The summed E-state index contributed by atoms with van der Waals surface area (Å²) < 4.78 is 14.7. The molecule has 0 fully saturated rings. The number of phenolic OH excluding ortho intramolecular Hbond substituents is 1. The summed E-state index contributed by atoms with van der Waals surface area (Å²) in [5.41, 5.74) is 0.759. The highest BCUT2D eigenvalue weighted by Gasteiger charge is 2.09. The predicted molar refractivity (Wildman–Crippen MR) is 66.3 cm³/mol. The molecule has 0 aliphatic heterocycles. The number of carbonyl (C=O) groups is 1. The Morgan fingerprint density at radius 3 is 2.84 bits per heavy atom. The summed E-state index contributed by atoms with van der Waals surface area (Å²) in [6, 6.07) is 7.84. The molecule has 0 saturated carbocycles. The first-order chi connectivity index (χ1) is 9.19. The number of rotatable bonds is 4. The number of hydrogen-bond donors (Lipinski definition) is 2. The van der Waals surface area contributed by atoms with Crippen molar-refractivity contribution < 1.29 is 24.1 Å². The summed E-state index contributed by atoms with van der Waals surface area (Å²) in [5, 5.41) is 9.52. The third-order valence-electron chi connectivity index (χ3n) is 2.36. The number of ether oxygens (including phenoxy) is 3. The maximum absolute atomic E-state index is 11.4. The second kappa shape index (κ2) is 5.81. The van der Waals surface area contributed by atoms with E-state index in [4.69, 9.17) is 14.2 Å². The van der Waals surface area contributed by atoms with Crippen LogP contribution >= 0.6 is 0 Å². The highest BCUT2D eigenvalue weighted by Crippen LogP contribution is 2.29. The summed E-state index contributed by atoms with van der Waals surface area (Å²) in [4.78, 5) is 14.3. The highest BCUT2D eigenvalue weighted by molar-refractivity contribution is 5.64. The number of carbonyl (C=O) groups excluding carboxylic acids is 1. The van der Waals surface area contributed by atoms with Crippen LogP contribution in [-0.2, 0) is 11.3 Å². The van der Waals surface area contributed by atoms with Gasteiger partial charge < -0.3 is 24.3 Å². The Bertz CT molecular complexity index is 550. The Balaban J connectivity index is 1.90. The number of aromatic hydroxyl groups is 1. The molecule has 0 atom stereocenters. The average Bonchev–Trinajstić information content (AvgIpc) is 2.90. The van der Waals surface area contributed by atoms with Gasteiger partial charge in [0.25, 0.3) is 0 Å². The van der Waals surface area contributed by atoms with Gasteiger partial charge in [0.05, 0.1) is 12.8 Å². The first kappa shape index (κ1) is 12.8. The van der Waals surface area contributed by atoms with Gasteiger partial charge in [0, 0.05) is 12.3 Å². The molecule has 1 aromatic heterocycles. The largest absolute Gasteiger partial charge is 0.514 e. The molecule has 0 saturated heterocycles. The number of hydrogen-bond acceptors (Lipinski definition) is 5. The summed E-state index contributed by atoms with van der Waals surface area (Å²) in [5.74, 6) is 0.360. The molecule has 1 aromatic carbocycles. The van der Waals surface area contributed by atoms with Crippen molar-refractivity contribution in [3.8, 4) is 17.2 Å². The SMILES string of the molecule is COc1ccc(OC(=O)OCc2ccc[nH]2)cc1O. The minimum atomic E-state index is -0.848. The molecule has 0 bridgehead atoms. The van der Waals surface area contributed by atoms with Crippen molar-refractivity contribution in [3.63, 3.8) is 0 Å². The van der Waals surface area contributed by atoms with Gasteiger partial charge in [0.15, 0.2) is 11.5 Å². The molecule has 0 aliphatic carbocycles. The van der Waals surface area contributed by atoms with Crippen molar-refractivity contribution in [3.05, 3.63) is 42.2 Å².